The molecule has 7 heteroatoms. The number of aromatic nitrogens is 2. The van der Waals surface area contributed by atoms with E-state index < -0.39 is 5.91 Å². The van der Waals surface area contributed by atoms with E-state index in [4.69, 9.17) is 0 Å². The Kier molecular flexibility index (Phi) is 5.51. The molecule has 1 amide bonds. The quantitative estimate of drug-likeness (QED) is 0.652. The molecule has 0 aliphatic heterocycles. The first kappa shape index (κ1) is 18.2. The van der Waals surface area contributed by atoms with Gasteiger partial charge in [-0.1, -0.05) is 18.2 Å². The topological polar surface area (TPSA) is 84.0 Å². The summed E-state index contributed by atoms with van der Waals surface area (Å²) >= 11 is 0. The molecule has 1 heterocycles. The van der Waals surface area contributed by atoms with E-state index in [1.165, 1.54) is 25.4 Å². The molecule has 0 aliphatic rings. The third kappa shape index (κ3) is 4.72. The zero-order valence-electron chi connectivity index (χ0n) is 14.6. The number of rotatable bonds is 6. The fourth-order valence-corrected chi connectivity index (χ4v) is 2.35. The predicted molar refractivity (Wildman–Crippen MR) is 100 cm³/mol. The molecule has 2 N–H and O–H groups in total. The van der Waals surface area contributed by atoms with E-state index in [0.29, 0.717) is 22.6 Å². The molecule has 3 rings (SSSR count). The average molecular weight is 364 g/mol. The summed E-state index contributed by atoms with van der Waals surface area (Å²) in [7, 11) is 0. The summed E-state index contributed by atoms with van der Waals surface area (Å²) in [6.45, 7) is 1.74. The van der Waals surface area contributed by atoms with E-state index in [2.05, 4.69) is 20.6 Å². The van der Waals surface area contributed by atoms with E-state index in [1.54, 1.807) is 42.5 Å². The highest BCUT2D eigenvalue weighted by Crippen LogP contribution is 2.12. The van der Waals surface area contributed by atoms with Crippen molar-refractivity contribution in [1.82, 2.24) is 9.97 Å². The number of ketones is 1. The second-order valence-corrected chi connectivity index (χ2v) is 5.82. The Balaban J connectivity index is 1.60. The lowest BCUT2D eigenvalue weighted by atomic mass is 10.1. The molecular formula is C20H17FN4O2. The van der Waals surface area contributed by atoms with Gasteiger partial charge in [0.1, 0.15) is 17.3 Å². The van der Waals surface area contributed by atoms with Crippen molar-refractivity contribution >= 4 is 23.2 Å². The smallest absolute Gasteiger partial charge is 0.275 e. The molecule has 0 radical (unpaired) electrons. The summed E-state index contributed by atoms with van der Waals surface area (Å²) in [5.41, 5.74) is 1.77. The van der Waals surface area contributed by atoms with Crippen molar-refractivity contribution < 1.29 is 14.0 Å². The number of carbonyl (C=O) groups is 2. The second kappa shape index (κ2) is 8.18. The van der Waals surface area contributed by atoms with Crippen molar-refractivity contribution in [2.45, 2.75) is 13.5 Å². The van der Waals surface area contributed by atoms with Gasteiger partial charge in [-0.2, -0.15) is 0 Å². The molecule has 0 bridgehead atoms. The minimum atomic E-state index is -0.418. The van der Waals surface area contributed by atoms with E-state index in [1.807, 2.05) is 0 Å². The molecule has 0 fully saturated rings. The number of Topliss-reactive ketones (excluding diaryl/α,β-unsaturated/α-hetero) is 1. The third-order valence-electron chi connectivity index (χ3n) is 3.85. The summed E-state index contributed by atoms with van der Waals surface area (Å²) in [5.74, 6) is -0.332. The van der Waals surface area contributed by atoms with Crippen LogP contribution in [0.3, 0.4) is 0 Å². The fraction of sp³-hybridized carbons (Fsp3) is 0.100. The zero-order chi connectivity index (χ0) is 19.2. The van der Waals surface area contributed by atoms with Gasteiger partial charge in [0.25, 0.3) is 5.91 Å². The third-order valence-corrected chi connectivity index (χ3v) is 3.85. The maximum absolute atomic E-state index is 13.6. The van der Waals surface area contributed by atoms with Gasteiger partial charge in [-0.25, -0.2) is 14.4 Å². The highest BCUT2D eigenvalue weighted by atomic mass is 19.1. The molecule has 0 saturated carbocycles. The maximum Gasteiger partial charge on any atom is 0.275 e. The Morgan fingerprint density at radius 3 is 2.37 bits per heavy atom. The molecule has 27 heavy (non-hydrogen) atoms. The number of nitrogens with one attached hydrogen (secondary N) is 2. The number of halogens is 1. The molecule has 1 aromatic heterocycles. The molecule has 0 saturated heterocycles. The summed E-state index contributed by atoms with van der Waals surface area (Å²) < 4.78 is 13.6. The van der Waals surface area contributed by atoms with Gasteiger partial charge in [0.2, 0.25) is 0 Å². The average Bonchev–Trinajstić information content (AvgIpc) is 2.68. The highest BCUT2D eigenvalue weighted by molar-refractivity contribution is 6.03. The second-order valence-electron chi connectivity index (χ2n) is 5.82. The Hall–Kier alpha value is -3.61. The van der Waals surface area contributed by atoms with Gasteiger partial charge in [0, 0.05) is 23.4 Å². The molecule has 0 atom stereocenters. The molecule has 0 aliphatic carbocycles. The minimum Gasteiger partial charge on any atom is -0.365 e. The molecular weight excluding hydrogens is 347 g/mol. The first-order valence-corrected chi connectivity index (χ1v) is 8.24. The number of nitrogens with zero attached hydrogens (tertiary/aromatic N) is 2. The lowest BCUT2D eigenvalue weighted by Crippen LogP contribution is -2.14. The zero-order valence-corrected chi connectivity index (χ0v) is 14.6. The summed E-state index contributed by atoms with van der Waals surface area (Å²) in [4.78, 5) is 31.7. The van der Waals surface area contributed by atoms with Gasteiger partial charge in [0.15, 0.2) is 5.78 Å². The van der Waals surface area contributed by atoms with Crippen molar-refractivity contribution in [3.63, 3.8) is 0 Å². The standard InChI is InChI=1S/C20H17FN4O2/c1-13(26)14-6-8-16(9-7-14)25-20(27)18-11-24-19(12-22-18)23-10-15-4-2-3-5-17(15)21/h2-9,11-12H,10H2,1H3,(H,23,24)(H,25,27). The first-order chi connectivity index (χ1) is 13.0. The Bertz CT molecular complexity index is 956. The van der Waals surface area contributed by atoms with Crippen LogP contribution in [0.4, 0.5) is 15.9 Å². The number of hydrogen-bond acceptors (Lipinski definition) is 5. The van der Waals surface area contributed by atoms with E-state index in [9.17, 15) is 14.0 Å². The van der Waals surface area contributed by atoms with E-state index in [0.717, 1.165) is 0 Å². The van der Waals surface area contributed by atoms with Crippen LogP contribution in [0.1, 0.15) is 33.3 Å². The number of benzene rings is 2. The van der Waals surface area contributed by atoms with Crippen LogP contribution in [0, 0.1) is 5.82 Å². The lowest BCUT2D eigenvalue weighted by molar-refractivity contribution is 0.101. The van der Waals surface area contributed by atoms with Gasteiger partial charge >= 0.3 is 0 Å². The van der Waals surface area contributed by atoms with E-state index in [-0.39, 0.29) is 23.8 Å². The van der Waals surface area contributed by atoms with Crippen LogP contribution in [-0.2, 0) is 6.54 Å². The molecule has 3 aromatic rings. The molecule has 0 unspecified atom stereocenters. The summed E-state index contributed by atoms with van der Waals surface area (Å²) in [6.07, 6.45) is 2.75. The summed E-state index contributed by atoms with van der Waals surface area (Å²) in [5, 5.41) is 5.64. The van der Waals surface area contributed by atoms with Gasteiger partial charge < -0.3 is 10.6 Å². The first-order valence-electron chi connectivity index (χ1n) is 8.24. The van der Waals surface area contributed by atoms with Crippen LogP contribution in [-0.4, -0.2) is 21.7 Å². The van der Waals surface area contributed by atoms with Crippen molar-refractivity contribution in [3.8, 4) is 0 Å². The van der Waals surface area contributed by atoms with E-state index >= 15 is 0 Å². The number of hydrogen-bond donors (Lipinski definition) is 2. The van der Waals surface area contributed by atoms with Crippen LogP contribution in [0.2, 0.25) is 0 Å². The predicted octanol–water partition coefficient (Wildman–Crippen LogP) is 3.68. The van der Waals surface area contributed by atoms with Crippen LogP contribution < -0.4 is 10.6 Å². The van der Waals surface area contributed by atoms with Crippen LogP contribution in [0.5, 0.6) is 0 Å². The number of carbonyl (C=O) groups excluding carboxylic acids is 2. The Labute approximate surface area is 155 Å². The fourth-order valence-electron chi connectivity index (χ4n) is 2.35. The molecule has 6 nitrogen and oxygen atoms in total. The Morgan fingerprint density at radius 1 is 1.00 bits per heavy atom. The van der Waals surface area contributed by atoms with Gasteiger partial charge in [0.05, 0.1) is 12.4 Å². The molecule has 0 spiro atoms. The largest absolute Gasteiger partial charge is 0.365 e. The van der Waals surface area contributed by atoms with Gasteiger partial charge in [-0.05, 0) is 37.3 Å². The van der Waals surface area contributed by atoms with Gasteiger partial charge in [-0.3, -0.25) is 9.59 Å². The molecule has 2 aromatic carbocycles. The maximum atomic E-state index is 13.6. The van der Waals surface area contributed by atoms with Crippen molar-refractivity contribution in [2.75, 3.05) is 10.6 Å². The van der Waals surface area contributed by atoms with Crippen molar-refractivity contribution in [1.29, 1.82) is 0 Å². The van der Waals surface area contributed by atoms with Crippen molar-refractivity contribution in [3.05, 3.63) is 83.6 Å². The summed E-state index contributed by atoms with van der Waals surface area (Å²) in [6, 6.07) is 13.0. The minimum absolute atomic E-state index is 0.0442. The monoisotopic (exact) mass is 364 g/mol. The SMILES string of the molecule is CC(=O)c1ccc(NC(=O)c2cnc(NCc3ccccc3F)cn2)cc1. The van der Waals surface area contributed by atoms with Crippen LogP contribution >= 0.6 is 0 Å². The normalized spacial score (nSPS) is 10.3. The van der Waals surface area contributed by atoms with Crippen LogP contribution in [0.25, 0.3) is 0 Å². The molecule has 136 valence electrons. The van der Waals surface area contributed by atoms with Crippen molar-refractivity contribution in [2.24, 2.45) is 0 Å². The Morgan fingerprint density at radius 2 is 1.74 bits per heavy atom. The highest BCUT2D eigenvalue weighted by Gasteiger charge is 2.09. The number of anilines is 2. The lowest BCUT2D eigenvalue weighted by Gasteiger charge is -2.08. The van der Waals surface area contributed by atoms with Crippen LogP contribution in [0.15, 0.2) is 60.9 Å². The number of amides is 1. The van der Waals surface area contributed by atoms with Gasteiger partial charge in [-0.15, -0.1) is 0 Å².